The first kappa shape index (κ1) is 9.33. The van der Waals surface area contributed by atoms with Gasteiger partial charge in [-0.3, -0.25) is 0 Å². The van der Waals surface area contributed by atoms with E-state index in [1.807, 2.05) is 6.92 Å². The van der Waals surface area contributed by atoms with Crippen LogP contribution in [0.3, 0.4) is 0 Å². The molecule has 0 unspecified atom stereocenters. The van der Waals surface area contributed by atoms with Gasteiger partial charge in [-0.2, -0.15) is 0 Å². The SMILES string of the molecule is CCn1c(C)cc([C@@H](C)N)c1C. The number of rotatable bonds is 2. The van der Waals surface area contributed by atoms with Crippen molar-refractivity contribution in [1.82, 2.24) is 4.57 Å². The molecular weight excluding hydrogens is 148 g/mol. The maximum Gasteiger partial charge on any atom is 0.0284 e. The quantitative estimate of drug-likeness (QED) is 0.717. The second kappa shape index (κ2) is 3.31. The predicted octanol–water partition coefficient (Wildman–Crippen LogP) is 2.14. The molecule has 1 heterocycles. The molecule has 2 N–H and O–H groups in total. The van der Waals surface area contributed by atoms with Gasteiger partial charge in [0.25, 0.3) is 0 Å². The standard InChI is InChI=1S/C10H18N2/c1-5-12-7(2)6-10(8(3)11)9(12)4/h6,8H,5,11H2,1-4H3/t8-/m1/s1. The molecule has 68 valence electrons. The number of hydrogen-bond donors (Lipinski definition) is 1. The Morgan fingerprint density at radius 3 is 2.33 bits per heavy atom. The lowest BCUT2D eigenvalue weighted by molar-refractivity contribution is 0.705. The first-order valence-corrected chi connectivity index (χ1v) is 4.50. The summed E-state index contributed by atoms with van der Waals surface area (Å²) in [5.41, 5.74) is 9.73. The van der Waals surface area contributed by atoms with Gasteiger partial charge in [-0.1, -0.05) is 0 Å². The molecule has 2 nitrogen and oxygen atoms in total. The second-order valence-corrected chi connectivity index (χ2v) is 3.36. The lowest BCUT2D eigenvalue weighted by Gasteiger charge is -2.07. The third kappa shape index (κ3) is 1.39. The number of nitrogens with two attached hydrogens (primary N) is 1. The summed E-state index contributed by atoms with van der Waals surface area (Å²) in [7, 11) is 0. The van der Waals surface area contributed by atoms with Crippen LogP contribution in [0.25, 0.3) is 0 Å². The Balaban J connectivity index is 3.17. The summed E-state index contributed by atoms with van der Waals surface area (Å²) >= 11 is 0. The van der Waals surface area contributed by atoms with Crippen LogP contribution in [-0.2, 0) is 6.54 Å². The fourth-order valence-electron chi connectivity index (χ4n) is 1.78. The van der Waals surface area contributed by atoms with Gasteiger partial charge in [0, 0.05) is 24.0 Å². The maximum atomic E-state index is 5.84. The van der Waals surface area contributed by atoms with E-state index in [0.717, 1.165) is 6.54 Å². The van der Waals surface area contributed by atoms with Crippen molar-refractivity contribution in [2.45, 2.75) is 40.3 Å². The van der Waals surface area contributed by atoms with Crippen LogP contribution in [0, 0.1) is 13.8 Å². The lowest BCUT2D eigenvalue weighted by atomic mass is 10.1. The van der Waals surface area contributed by atoms with E-state index in [2.05, 4.69) is 31.4 Å². The van der Waals surface area contributed by atoms with Gasteiger partial charge < -0.3 is 10.3 Å². The molecule has 1 rings (SSSR count). The molecule has 0 aliphatic rings. The van der Waals surface area contributed by atoms with Crippen molar-refractivity contribution in [3.8, 4) is 0 Å². The zero-order valence-electron chi connectivity index (χ0n) is 8.39. The van der Waals surface area contributed by atoms with Crippen LogP contribution in [0.15, 0.2) is 6.07 Å². The number of aromatic nitrogens is 1. The molecule has 0 saturated heterocycles. The molecule has 0 fully saturated rings. The Bertz CT molecular complexity index is 272. The second-order valence-electron chi connectivity index (χ2n) is 3.36. The molecule has 1 atom stereocenters. The topological polar surface area (TPSA) is 30.9 Å². The van der Waals surface area contributed by atoms with E-state index in [0.29, 0.717) is 0 Å². The highest BCUT2D eigenvalue weighted by molar-refractivity contribution is 5.28. The van der Waals surface area contributed by atoms with E-state index in [1.54, 1.807) is 0 Å². The van der Waals surface area contributed by atoms with E-state index >= 15 is 0 Å². The van der Waals surface area contributed by atoms with Crippen molar-refractivity contribution in [2.75, 3.05) is 0 Å². The molecule has 0 saturated carbocycles. The van der Waals surface area contributed by atoms with Crippen LogP contribution in [0.1, 0.15) is 36.8 Å². The van der Waals surface area contributed by atoms with Crippen molar-refractivity contribution in [3.63, 3.8) is 0 Å². The van der Waals surface area contributed by atoms with Gasteiger partial charge in [0.15, 0.2) is 0 Å². The van der Waals surface area contributed by atoms with Crippen LogP contribution in [0.2, 0.25) is 0 Å². The minimum absolute atomic E-state index is 0.150. The summed E-state index contributed by atoms with van der Waals surface area (Å²) in [4.78, 5) is 0. The number of hydrogen-bond acceptors (Lipinski definition) is 1. The predicted molar refractivity (Wildman–Crippen MR) is 52.2 cm³/mol. The summed E-state index contributed by atoms with van der Waals surface area (Å²) in [5.74, 6) is 0. The maximum absolute atomic E-state index is 5.84. The molecule has 0 aliphatic heterocycles. The van der Waals surface area contributed by atoms with Crippen molar-refractivity contribution in [2.24, 2.45) is 5.73 Å². The average molecular weight is 166 g/mol. The Morgan fingerprint density at radius 1 is 1.50 bits per heavy atom. The van der Waals surface area contributed by atoms with E-state index in [9.17, 15) is 0 Å². The zero-order valence-corrected chi connectivity index (χ0v) is 8.39. The first-order valence-electron chi connectivity index (χ1n) is 4.50. The highest BCUT2D eigenvalue weighted by atomic mass is 15.0. The Kier molecular flexibility index (Phi) is 2.58. The smallest absolute Gasteiger partial charge is 0.0284 e. The van der Waals surface area contributed by atoms with Crippen molar-refractivity contribution >= 4 is 0 Å². The lowest BCUT2D eigenvalue weighted by Crippen LogP contribution is -2.07. The highest BCUT2D eigenvalue weighted by Crippen LogP contribution is 2.19. The Morgan fingerprint density at radius 2 is 2.08 bits per heavy atom. The highest BCUT2D eigenvalue weighted by Gasteiger charge is 2.09. The summed E-state index contributed by atoms with van der Waals surface area (Å²) in [5, 5.41) is 0. The summed E-state index contributed by atoms with van der Waals surface area (Å²) in [6.45, 7) is 9.48. The molecule has 2 heteroatoms. The van der Waals surface area contributed by atoms with Gasteiger partial charge in [0.05, 0.1) is 0 Å². The van der Waals surface area contributed by atoms with E-state index < -0.39 is 0 Å². The van der Waals surface area contributed by atoms with Crippen LogP contribution in [0.4, 0.5) is 0 Å². The molecule has 0 aliphatic carbocycles. The molecule has 0 bridgehead atoms. The van der Waals surface area contributed by atoms with Crippen LogP contribution in [-0.4, -0.2) is 4.57 Å². The minimum Gasteiger partial charge on any atom is -0.349 e. The Labute approximate surface area is 74.4 Å². The first-order chi connectivity index (χ1) is 5.57. The van der Waals surface area contributed by atoms with Gasteiger partial charge in [-0.05, 0) is 39.3 Å². The number of nitrogens with zero attached hydrogens (tertiary/aromatic N) is 1. The summed E-state index contributed by atoms with van der Waals surface area (Å²) in [6, 6.07) is 2.33. The van der Waals surface area contributed by atoms with Crippen LogP contribution in [0.5, 0.6) is 0 Å². The normalized spacial score (nSPS) is 13.4. The molecule has 1 aromatic heterocycles. The van der Waals surface area contributed by atoms with Crippen LogP contribution < -0.4 is 5.73 Å². The third-order valence-electron chi connectivity index (χ3n) is 2.42. The van der Waals surface area contributed by atoms with Gasteiger partial charge in [-0.25, -0.2) is 0 Å². The molecule has 0 spiro atoms. The fraction of sp³-hybridized carbons (Fsp3) is 0.600. The van der Waals surface area contributed by atoms with Gasteiger partial charge >= 0.3 is 0 Å². The fourth-order valence-corrected chi connectivity index (χ4v) is 1.78. The minimum atomic E-state index is 0.150. The molecule has 0 aromatic carbocycles. The largest absolute Gasteiger partial charge is 0.349 e. The zero-order chi connectivity index (χ0) is 9.30. The van der Waals surface area contributed by atoms with Gasteiger partial charge in [0.1, 0.15) is 0 Å². The van der Waals surface area contributed by atoms with Crippen LogP contribution >= 0.6 is 0 Å². The molecule has 1 aromatic rings. The number of aryl methyl sites for hydroxylation is 1. The average Bonchev–Trinajstić information content (AvgIpc) is 2.27. The van der Waals surface area contributed by atoms with Gasteiger partial charge in [0.2, 0.25) is 0 Å². The summed E-state index contributed by atoms with van der Waals surface area (Å²) in [6.07, 6.45) is 0. The van der Waals surface area contributed by atoms with Crippen molar-refractivity contribution in [1.29, 1.82) is 0 Å². The van der Waals surface area contributed by atoms with Gasteiger partial charge in [-0.15, -0.1) is 0 Å². The van der Waals surface area contributed by atoms with Crippen molar-refractivity contribution < 1.29 is 0 Å². The van der Waals surface area contributed by atoms with E-state index in [1.165, 1.54) is 17.0 Å². The van der Waals surface area contributed by atoms with E-state index in [4.69, 9.17) is 5.73 Å². The molecule has 12 heavy (non-hydrogen) atoms. The van der Waals surface area contributed by atoms with E-state index in [-0.39, 0.29) is 6.04 Å². The van der Waals surface area contributed by atoms with Crippen molar-refractivity contribution in [3.05, 3.63) is 23.0 Å². The molecule has 0 amide bonds. The third-order valence-corrected chi connectivity index (χ3v) is 2.42. The molecular formula is C10H18N2. The molecule has 0 radical (unpaired) electrons. The summed E-state index contributed by atoms with van der Waals surface area (Å²) < 4.78 is 2.29. The Hall–Kier alpha value is -0.760. The monoisotopic (exact) mass is 166 g/mol.